The predicted molar refractivity (Wildman–Crippen MR) is 120 cm³/mol. The normalized spacial score (nSPS) is 10.5. The molecule has 1 amide bonds. The Morgan fingerprint density at radius 3 is 1.97 bits per heavy atom. The average molecular weight is 418 g/mol. The molecule has 0 aliphatic rings. The van der Waals surface area contributed by atoms with Gasteiger partial charge in [0.15, 0.2) is 6.61 Å². The van der Waals surface area contributed by atoms with Gasteiger partial charge in [0.05, 0.1) is 12.2 Å². The van der Waals surface area contributed by atoms with Gasteiger partial charge in [-0.05, 0) is 48.7 Å². The lowest BCUT2D eigenvalue weighted by molar-refractivity contribution is -0.124. The minimum atomic E-state index is -0.537. The lowest BCUT2D eigenvalue weighted by Crippen LogP contribution is -2.30. The Bertz CT molecular complexity index is 916. The Morgan fingerprint density at radius 1 is 0.839 bits per heavy atom. The summed E-state index contributed by atoms with van der Waals surface area (Å²) in [4.78, 5) is 24.3. The van der Waals surface area contributed by atoms with Crippen LogP contribution in [-0.2, 0) is 9.53 Å². The van der Waals surface area contributed by atoms with Crippen LogP contribution in [0.2, 0.25) is 0 Å². The Morgan fingerprint density at radius 2 is 1.42 bits per heavy atom. The number of ether oxygens (including phenoxy) is 2. The maximum Gasteiger partial charge on any atom is 0.338 e. The molecule has 3 aromatic carbocycles. The summed E-state index contributed by atoms with van der Waals surface area (Å²) in [6.45, 7) is 2.61. The molecule has 0 aliphatic carbocycles. The molecule has 5 heteroatoms. The van der Waals surface area contributed by atoms with E-state index in [-0.39, 0.29) is 18.4 Å². The van der Waals surface area contributed by atoms with Crippen molar-refractivity contribution in [2.45, 2.75) is 19.3 Å². The topological polar surface area (TPSA) is 64.6 Å². The second kappa shape index (κ2) is 11.6. The summed E-state index contributed by atoms with van der Waals surface area (Å²) < 4.78 is 10.5. The van der Waals surface area contributed by atoms with Crippen molar-refractivity contribution in [3.8, 4) is 5.75 Å². The highest BCUT2D eigenvalue weighted by Gasteiger charge is 2.15. The van der Waals surface area contributed by atoms with E-state index < -0.39 is 5.97 Å². The smallest absolute Gasteiger partial charge is 0.338 e. The van der Waals surface area contributed by atoms with Crippen LogP contribution in [0.3, 0.4) is 0 Å². The molecule has 0 atom stereocenters. The molecule has 0 saturated heterocycles. The highest BCUT2D eigenvalue weighted by molar-refractivity contribution is 5.91. The van der Waals surface area contributed by atoms with E-state index in [1.807, 2.05) is 43.3 Å². The third kappa shape index (κ3) is 6.71. The first-order chi connectivity index (χ1) is 15.2. The number of rotatable bonds is 10. The Kier molecular flexibility index (Phi) is 8.23. The summed E-state index contributed by atoms with van der Waals surface area (Å²) >= 11 is 0. The highest BCUT2D eigenvalue weighted by atomic mass is 16.5. The lowest BCUT2D eigenvalue weighted by Gasteiger charge is -2.18. The van der Waals surface area contributed by atoms with E-state index in [1.165, 1.54) is 11.1 Å². The minimum Gasteiger partial charge on any atom is -0.494 e. The Labute approximate surface area is 183 Å². The minimum absolute atomic E-state index is 0.175. The van der Waals surface area contributed by atoms with Gasteiger partial charge in [0.2, 0.25) is 0 Å². The summed E-state index contributed by atoms with van der Waals surface area (Å²) in [6, 6.07) is 27.1. The van der Waals surface area contributed by atoms with Crippen LogP contribution < -0.4 is 10.1 Å². The SMILES string of the molecule is CCOc1ccc(C(=O)OCC(=O)NCCC(c2ccccc2)c2ccccc2)cc1. The molecule has 0 radical (unpaired) electrons. The molecule has 0 heterocycles. The van der Waals surface area contributed by atoms with E-state index in [0.717, 1.165) is 6.42 Å². The van der Waals surface area contributed by atoms with Crippen molar-refractivity contribution >= 4 is 11.9 Å². The fourth-order valence-corrected chi connectivity index (χ4v) is 3.37. The number of esters is 1. The molecule has 31 heavy (non-hydrogen) atoms. The van der Waals surface area contributed by atoms with E-state index in [1.54, 1.807) is 24.3 Å². The third-order valence-electron chi connectivity index (χ3n) is 4.89. The number of hydrogen-bond donors (Lipinski definition) is 1. The lowest BCUT2D eigenvalue weighted by atomic mass is 9.88. The van der Waals surface area contributed by atoms with Crippen LogP contribution in [-0.4, -0.2) is 31.6 Å². The Hall–Kier alpha value is -3.60. The molecule has 5 nitrogen and oxygen atoms in total. The fourth-order valence-electron chi connectivity index (χ4n) is 3.37. The summed E-state index contributed by atoms with van der Waals surface area (Å²) in [5.41, 5.74) is 2.78. The van der Waals surface area contributed by atoms with Crippen LogP contribution in [0.15, 0.2) is 84.9 Å². The van der Waals surface area contributed by atoms with E-state index in [2.05, 4.69) is 29.6 Å². The van der Waals surface area contributed by atoms with Gasteiger partial charge < -0.3 is 14.8 Å². The first-order valence-corrected chi connectivity index (χ1v) is 10.4. The zero-order chi connectivity index (χ0) is 21.9. The largest absolute Gasteiger partial charge is 0.494 e. The summed E-state index contributed by atoms with van der Waals surface area (Å²) in [5, 5.41) is 2.85. The first-order valence-electron chi connectivity index (χ1n) is 10.4. The van der Waals surface area contributed by atoms with Gasteiger partial charge in [-0.3, -0.25) is 4.79 Å². The molecule has 0 aromatic heterocycles. The quantitative estimate of drug-likeness (QED) is 0.491. The van der Waals surface area contributed by atoms with E-state index in [9.17, 15) is 9.59 Å². The summed E-state index contributed by atoms with van der Waals surface area (Å²) in [7, 11) is 0. The van der Waals surface area contributed by atoms with Crippen LogP contribution in [0.5, 0.6) is 5.75 Å². The molecule has 0 aliphatic heterocycles. The fraction of sp³-hybridized carbons (Fsp3) is 0.231. The average Bonchev–Trinajstić information content (AvgIpc) is 2.82. The molecule has 1 N–H and O–H groups in total. The standard InChI is InChI=1S/C26H27NO4/c1-2-30-23-15-13-22(14-16-23)26(29)31-19-25(28)27-18-17-24(20-9-5-3-6-10-20)21-11-7-4-8-12-21/h3-16,24H,2,17-19H2,1H3,(H,27,28). The number of carbonyl (C=O) groups excluding carboxylic acids is 2. The van der Waals surface area contributed by atoms with Crippen LogP contribution >= 0.6 is 0 Å². The highest BCUT2D eigenvalue weighted by Crippen LogP contribution is 2.27. The van der Waals surface area contributed by atoms with Crippen LogP contribution in [0.4, 0.5) is 0 Å². The van der Waals surface area contributed by atoms with Crippen LogP contribution in [0.1, 0.15) is 40.7 Å². The van der Waals surface area contributed by atoms with Crippen molar-refractivity contribution in [2.75, 3.05) is 19.8 Å². The summed E-state index contributed by atoms with van der Waals surface area (Å²) in [5.74, 6) is 0.00101. The van der Waals surface area contributed by atoms with Gasteiger partial charge in [-0.2, -0.15) is 0 Å². The van der Waals surface area contributed by atoms with Crippen molar-refractivity contribution in [1.29, 1.82) is 0 Å². The molecule has 0 saturated carbocycles. The molecule has 0 fully saturated rings. The van der Waals surface area contributed by atoms with Gasteiger partial charge in [0.25, 0.3) is 5.91 Å². The number of nitrogens with one attached hydrogen (secondary N) is 1. The molecule has 3 aromatic rings. The second-order valence-electron chi connectivity index (χ2n) is 7.05. The van der Waals surface area contributed by atoms with Gasteiger partial charge in [-0.15, -0.1) is 0 Å². The molecule has 3 rings (SSSR count). The van der Waals surface area contributed by atoms with Crippen LogP contribution in [0.25, 0.3) is 0 Å². The third-order valence-corrected chi connectivity index (χ3v) is 4.89. The second-order valence-corrected chi connectivity index (χ2v) is 7.05. The first kappa shape index (κ1) is 22.1. The van der Waals surface area contributed by atoms with Gasteiger partial charge in [0.1, 0.15) is 5.75 Å². The van der Waals surface area contributed by atoms with Crippen molar-refractivity contribution in [1.82, 2.24) is 5.32 Å². The summed E-state index contributed by atoms with van der Waals surface area (Å²) in [6.07, 6.45) is 0.743. The van der Waals surface area contributed by atoms with E-state index in [0.29, 0.717) is 24.5 Å². The molecular formula is C26H27NO4. The van der Waals surface area contributed by atoms with Gasteiger partial charge >= 0.3 is 5.97 Å². The van der Waals surface area contributed by atoms with E-state index in [4.69, 9.17) is 9.47 Å². The molecule has 0 bridgehead atoms. The van der Waals surface area contributed by atoms with Gasteiger partial charge in [-0.25, -0.2) is 4.79 Å². The molecular weight excluding hydrogens is 390 g/mol. The number of carbonyl (C=O) groups is 2. The van der Waals surface area contributed by atoms with E-state index >= 15 is 0 Å². The molecule has 0 spiro atoms. The molecule has 0 unspecified atom stereocenters. The van der Waals surface area contributed by atoms with Gasteiger partial charge in [-0.1, -0.05) is 60.7 Å². The number of amides is 1. The van der Waals surface area contributed by atoms with Crippen molar-refractivity contribution in [3.63, 3.8) is 0 Å². The zero-order valence-corrected chi connectivity index (χ0v) is 17.6. The maximum absolute atomic E-state index is 12.2. The number of benzene rings is 3. The van der Waals surface area contributed by atoms with Crippen molar-refractivity contribution in [3.05, 3.63) is 102 Å². The monoisotopic (exact) mass is 417 g/mol. The maximum atomic E-state index is 12.2. The van der Waals surface area contributed by atoms with Crippen molar-refractivity contribution in [2.24, 2.45) is 0 Å². The van der Waals surface area contributed by atoms with Crippen molar-refractivity contribution < 1.29 is 19.1 Å². The van der Waals surface area contributed by atoms with Crippen LogP contribution in [0, 0.1) is 0 Å². The van der Waals surface area contributed by atoms with Gasteiger partial charge in [0, 0.05) is 12.5 Å². The zero-order valence-electron chi connectivity index (χ0n) is 17.6. The molecule has 160 valence electrons. The predicted octanol–water partition coefficient (Wildman–Crippen LogP) is 4.58. The number of hydrogen-bond acceptors (Lipinski definition) is 4. The Balaban J connectivity index is 1.48.